The number of carbonyl (C=O) groups excluding carboxylic acids is 1. The highest BCUT2D eigenvalue weighted by Crippen LogP contribution is 2.28. The lowest BCUT2D eigenvalue weighted by molar-refractivity contribution is -0.148. The lowest BCUT2D eigenvalue weighted by Gasteiger charge is -2.43. The van der Waals surface area contributed by atoms with Gasteiger partial charge in [-0.3, -0.25) is 29.0 Å². The summed E-state index contributed by atoms with van der Waals surface area (Å²) >= 11 is 0. The third-order valence-electron chi connectivity index (χ3n) is 5.35. The second-order valence-corrected chi connectivity index (χ2v) is 7.79. The molecule has 0 unspecified atom stereocenters. The number of aliphatic carboxylic acids is 3. The molecule has 1 saturated carbocycles. The minimum absolute atomic E-state index is 0.275. The molecule has 1 aliphatic carbocycles. The summed E-state index contributed by atoms with van der Waals surface area (Å²) in [5, 5.41) is 27.9. The van der Waals surface area contributed by atoms with Gasteiger partial charge in [-0.05, 0) is 44.0 Å². The van der Waals surface area contributed by atoms with Crippen LogP contribution >= 0.6 is 0 Å². The predicted octanol–water partition coefficient (Wildman–Crippen LogP) is 1.16. The van der Waals surface area contributed by atoms with Crippen LogP contribution in [-0.2, 0) is 19.2 Å². The number of carboxylic acids is 3. The molecule has 1 aromatic rings. The van der Waals surface area contributed by atoms with E-state index in [0.29, 0.717) is 25.2 Å². The molecule has 0 spiro atoms. The zero-order chi connectivity index (χ0) is 24.4. The van der Waals surface area contributed by atoms with Crippen LogP contribution in [0, 0.1) is 0 Å². The van der Waals surface area contributed by atoms with E-state index in [2.05, 4.69) is 0 Å². The van der Waals surface area contributed by atoms with Crippen LogP contribution in [0.1, 0.15) is 32.6 Å². The average Bonchev–Trinajstić information content (AvgIpc) is 2.73. The number of nitrogens with zero attached hydrogens (tertiary/aromatic N) is 2. The largest absolute Gasteiger partial charge is 0.494 e. The van der Waals surface area contributed by atoms with Crippen molar-refractivity contribution in [1.82, 2.24) is 9.80 Å². The van der Waals surface area contributed by atoms with E-state index in [4.69, 9.17) is 9.47 Å². The van der Waals surface area contributed by atoms with Gasteiger partial charge in [0, 0.05) is 12.1 Å². The van der Waals surface area contributed by atoms with Crippen LogP contribution in [0.5, 0.6) is 11.5 Å². The quantitative estimate of drug-likeness (QED) is 0.283. The second kappa shape index (κ2) is 12.8. The Morgan fingerprint density at radius 1 is 0.788 bits per heavy atom. The van der Waals surface area contributed by atoms with Crippen molar-refractivity contribution in [2.45, 2.75) is 44.7 Å². The topological polar surface area (TPSA) is 154 Å². The molecule has 3 N–H and O–H groups in total. The molecule has 1 aliphatic rings. The number of esters is 1. The summed E-state index contributed by atoms with van der Waals surface area (Å²) in [5.41, 5.74) is 0. The van der Waals surface area contributed by atoms with Crippen LogP contribution in [0.15, 0.2) is 24.3 Å². The van der Waals surface area contributed by atoms with Crippen molar-refractivity contribution in [1.29, 1.82) is 0 Å². The van der Waals surface area contributed by atoms with Gasteiger partial charge in [0.2, 0.25) is 0 Å². The van der Waals surface area contributed by atoms with E-state index in [9.17, 15) is 34.5 Å². The van der Waals surface area contributed by atoms with Crippen molar-refractivity contribution in [3.05, 3.63) is 24.3 Å². The van der Waals surface area contributed by atoms with Crippen LogP contribution in [0.25, 0.3) is 0 Å². The van der Waals surface area contributed by atoms with Crippen molar-refractivity contribution in [3.63, 3.8) is 0 Å². The molecule has 0 aromatic heterocycles. The molecule has 0 amide bonds. The maximum atomic E-state index is 12.6. The molecular weight excluding hydrogens is 436 g/mol. The van der Waals surface area contributed by atoms with Gasteiger partial charge in [-0.25, -0.2) is 0 Å². The Bertz CT molecular complexity index is 812. The summed E-state index contributed by atoms with van der Waals surface area (Å²) in [5.74, 6) is -3.30. The van der Waals surface area contributed by atoms with Crippen LogP contribution in [0.2, 0.25) is 0 Å². The third kappa shape index (κ3) is 8.70. The number of hydrogen-bond donors (Lipinski definition) is 3. The summed E-state index contributed by atoms with van der Waals surface area (Å²) in [7, 11) is 0. The first kappa shape index (κ1) is 26.1. The SMILES string of the molecule is CCOc1ccc(OC(=O)CN(CC(=O)O)[C@H]2CCCC[C@@H]2N(CC(=O)O)CC(=O)O)cc1. The fourth-order valence-corrected chi connectivity index (χ4v) is 4.15. The Morgan fingerprint density at radius 3 is 1.64 bits per heavy atom. The first-order valence-corrected chi connectivity index (χ1v) is 10.8. The predicted molar refractivity (Wildman–Crippen MR) is 115 cm³/mol. The molecule has 182 valence electrons. The number of rotatable bonds is 13. The van der Waals surface area contributed by atoms with E-state index in [1.807, 2.05) is 6.92 Å². The molecule has 0 radical (unpaired) electrons. The number of benzene rings is 1. The van der Waals surface area contributed by atoms with Gasteiger partial charge in [0.25, 0.3) is 0 Å². The summed E-state index contributed by atoms with van der Waals surface area (Å²) < 4.78 is 10.7. The van der Waals surface area contributed by atoms with Crippen LogP contribution < -0.4 is 9.47 Å². The Kier molecular flexibility index (Phi) is 10.1. The van der Waals surface area contributed by atoms with Crippen molar-refractivity contribution >= 4 is 23.9 Å². The maximum Gasteiger partial charge on any atom is 0.325 e. The minimum atomic E-state index is -1.18. The smallest absolute Gasteiger partial charge is 0.325 e. The zero-order valence-electron chi connectivity index (χ0n) is 18.5. The van der Waals surface area contributed by atoms with Crippen molar-refractivity contribution < 1.29 is 44.0 Å². The molecular formula is C22H30N2O9. The van der Waals surface area contributed by atoms with Gasteiger partial charge in [-0.15, -0.1) is 0 Å². The highest BCUT2D eigenvalue weighted by atomic mass is 16.5. The Hall–Kier alpha value is -3.18. The van der Waals surface area contributed by atoms with Gasteiger partial charge in [0.1, 0.15) is 11.5 Å². The molecule has 0 heterocycles. The molecule has 33 heavy (non-hydrogen) atoms. The van der Waals surface area contributed by atoms with Gasteiger partial charge < -0.3 is 24.8 Å². The van der Waals surface area contributed by atoms with E-state index in [-0.39, 0.29) is 12.3 Å². The number of carboxylic acid groups (broad SMARTS) is 3. The molecule has 0 saturated heterocycles. The summed E-state index contributed by atoms with van der Waals surface area (Å²) in [4.78, 5) is 49.5. The number of carbonyl (C=O) groups is 4. The van der Waals surface area contributed by atoms with Gasteiger partial charge in [0.05, 0.1) is 32.8 Å². The van der Waals surface area contributed by atoms with Gasteiger partial charge in [-0.1, -0.05) is 12.8 Å². The van der Waals surface area contributed by atoms with Crippen LogP contribution in [0.3, 0.4) is 0 Å². The minimum Gasteiger partial charge on any atom is -0.494 e. The fourth-order valence-electron chi connectivity index (χ4n) is 4.15. The molecule has 11 heteroatoms. The van der Waals surface area contributed by atoms with E-state index in [1.165, 1.54) is 9.80 Å². The van der Waals surface area contributed by atoms with Crippen LogP contribution in [0.4, 0.5) is 0 Å². The van der Waals surface area contributed by atoms with E-state index < -0.39 is 55.6 Å². The number of hydrogen-bond acceptors (Lipinski definition) is 8. The van der Waals surface area contributed by atoms with E-state index in [0.717, 1.165) is 12.8 Å². The highest BCUT2D eigenvalue weighted by molar-refractivity contribution is 5.76. The second-order valence-electron chi connectivity index (χ2n) is 7.79. The van der Waals surface area contributed by atoms with Gasteiger partial charge in [-0.2, -0.15) is 0 Å². The standard InChI is InChI=1S/C22H30N2O9/c1-2-32-15-7-9-16(10-8-15)33-22(31)14-24(13-21(29)30)18-6-4-3-5-17(18)23(11-19(25)26)12-20(27)28/h7-10,17-18H,2-6,11-14H2,1H3,(H,25,26)(H,27,28)(H,29,30)/t17-,18-/m0/s1. The molecule has 0 bridgehead atoms. The summed E-state index contributed by atoms with van der Waals surface area (Å²) in [6.45, 7) is 0.544. The zero-order valence-corrected chi connectivity index (χ0v) is 18.5. The van der Waals surface area contributed by atoms with Crippen molar-refractivity contribution in [2.24, 2.45) is 0 Å². The summed E-state index contributed by atoms with van der Waals surface area (Å²) in [6, 6.07) is 5.39. The first-order chi connectivity index (χ1) is 15.7. The molecule has 1 aromatic carbocycles. The molecule has 2 atom stereocenters. The van der Waals surface area contributed by atoms with Gasteiger partial charge in [0.15, 0.2) is 0 Å². The van der Waals surface area contributed by atoms with Crippen LogP contribution in [-0.4, -0.2) is 93.9 Å². The summed E-state index contributed by atoms with van der Waals surface area (Å²) in [6.07, 6.45) is 2.49. The van der Waals surface area contributed by atoms with E-state index >= 15 is 0 Å². The Balaban J connectivity index is 2.17. The Morgan fingerprint density at radius 2 is 1.21 bits per heavy atom. The normalized spacial score (nSPS) is 18.2. The van der Waals surface area contributed by atoms with Crippen molar-refractivity contribution in [2.75, 3.05) is 32.8 Å². The fraction of sp³-hybridized carbons (Fsp3) is 0.545. The average molecular weight is 466 g/mol. The highest BCUT2D eigenvalue weighted by Gasteiger charge is 2.37. The third-order valence-corrected chi connectivity index (χ3v) is 5.35. The molecule has 2 rings (SSSR count). The maximum absolute atomic E-state index is 12.6. The molecule has 1 fully saturated rings. The number of ether oxygens (including phenoxy) is 2. The first-order valence-electron chi connectivity index (χ1n) is 10.8. The Labute approximate surface area is 191 Å². The van der Waals surface area contributed by atoms with Gasteiger partial charge >= 0.3 is 23.9 Å². The van der Waals surface area contributed by atoms with Crippen molar-refractivity contribution in [3.8, 4) is 11.5 Å². The molecule has 0 aliphatic heterocycles. The van der Waals surface area contributed by atoms with E-state index in [1.54, 1.807) is 24.3 Å². The molecule has 11 nitrogen and oxygen atoms in total. The lowest BCUT2D eigenvalue weighted by atomic mass is 9.87. The monoisotopic (exact) mass is 466 g/mol. The lowest BCUT2D eigenvalue weighted by Crippen LogP contribution is -2.57.